The highest BCUT2D eigenvalue weighted by Crippen LogP contribution is 2.13. The third kappa shape index (κ3) is 4.01. The molecule has 1 N–H and O–H groups in total. The van der Waals surface area contributed by atoms with Crippen LogP contribution in [0, 0.1) is 17.6 Å². The van der Waals surface area contributed by atoms with Crippen LogP contribution in [-0.2, 0) is 10.0 Å². The van der Waals surface area contributed by atoms with E-state index in [1.165, 1.54) is 0 Å². The Morgan fingerprint density at radius 3 is 2.53 bits per heavy atom. The number of halogens is 3. The molecule has 0 aliphatic carbocycles. The molecule has 0 aliphatic rings. The minimum atomic E-state index is -3.78. The van der Waals surface area contributed by atoms with E-state index in [1.54, 1.807) is 0 Å². The van der Waals surface area contributed by atoms with Crippen LogP contribution in [0.1, 0.15) is 6.92 Å². The predicted octanol–water partition coefficient (Wildman–Crippen LogP) is 2.27. The van der Waals surface area contributed by atoms with Gasteiger partial charge in [0.15, 0.2) is 11.6 Å². The zero-order valence-electron chi connectivity index (χ0n) is 9.08. The minimum Gasteiger partial charge on any atom is -0.211 e. The van der Waals surface area contributed by atoms with Crippen molar-refractivity contribution in [2.75, 3.05) is 11.9 Å². The van der Waals surface area contributed by atoms with Gasteiger partial charge in [-0.15, -0.1) is 0 Å². The lowest BCUT2D eigenvalue weighted by molar-refractivity contribution is 0.503. The molecule has 3 nitrogen and oxygen atoms in total. The van der Waals surface area contributed by atoms with Gasteiger partial charge in [0.25, 0.3) is 0 Å². The first-order chi connectivity index (χ1) is 7.86. The van der Waals surface area contributed by atoms with Crippen LogP contribution in [0.25, 0.3) is 0 Å². The molecule has 0 aromatic heterocycles. The third-order valence-corrected chi connectivity index (χ3v) is 4.61. The SMILES string of the molecule is CC(CBr)CNS(=O)(=O)c1ccc(F)c(F)c1. The topological polar surface area (TPSA) is 46.2 Å². The Kier molecular flexibility index (Phi) is 5.03. The molecular weight excluding hydrogens is 316 g/mol. The summed E-state index contributed by atoms with van der Waals surface area (Å²) in [5.41, 5.74) is 0. The highest BCUT2D eigenvalue weighted by Gasteiger charge is 2.16. The van der Waals surface area contributed by atoms with E-state index in [9.17, 15) is 17.2 Å². The fourth-order valence-electron chi connectivity index (χ4n) is 1.03. The second-order valence-corrected chi connectivity index (χ2v) is 6.10. The summed E-state index contributed by atoms with van der Waals surface area (Å²) in [6.45, 7) is 2.08. The highest BCUT2D eigenvalue weighted by molar-refractivity contribution is 9.09. The normalized spacial score (nSPS) is 13.6. The first-order valence-electron chi connectivity index (χ1n) is 4.87. The van der Waals surface area contributed by atoms with Gasteiger partial charge in [-0.3, -0.25) is 0 Å². The summed E-state index contributed by atoms with van der Waals surface area (Å²) >= 11 is 3.22. The van der Waals surface area contributed by atoms with Crippen molar-refractivity contribution in [3.63, 3.8) is 0 Å². The summed E-state index contributed by atoms with van der Waals surface area (Å²) in [5, 5.41) is 0.646. The summed E-state index contributed by atoms with van der Waals surface area (Å²) in [4.78, 5) is -0.279. The number of sulfonamides is 1. The number of alkyl halides is 1. The van der Waals surface area contributed by atoms with Crippen LogP contribution in [-0.4, -0.2) is 20.3 Å². The fourth-order valence-corrected chi connectivity index (χ4v) is 2.44. The van der Waals surface area contributed by atoms with E-state index >= 15 is 0 Å². The molecule has 0 saturated heterocycles. The van der Waals surface area contributed by atoms with E-state index in [2.05, 4.69) is 20.7 Å². The molecule has 1 unspecified atom stereocenters. The average Bonchev–Trinajstić information content (AvgIpc) is 2.29. The molecule has 96 valence electrons. The number of benzene rings is 1. The van der Waals surface area contributed by atoms with Crippen LogP contribution < -0.4 is 4.72 Å². The maximum Gasteiger partial charge on any atom is 0.240 e. The van der Waals surface area contributed by atoms with Crippen LogP contribution in [0.15, 0.2) is 23.1 Å². The Balaban J connectivity index is 2.86. The maximum atomic E-state index is 12.9. The molecule has 0 aliphatic heterocycles. The number of rotatable bonds is 5. The van der Waals surface area contributed by atoms with Gasteiger partial charge in [-0.25, -0.2) is 21.9 Å². The second-order valence-electron chi connectivity index (χ2n) is 3.69. The standard InChI is InChI=1S/C10H12BrF2NO2S/c1-7(5-11)6-14-17(15,16)8-2-3-9(12)10(13)4-8/h2-4,7,14H,5-6H2,1H3. The van der Waals surface area contributed by atoms with Gasteiger partial charge in [0, 0.05) is 11.9 Å². The summed E-state index contributed by atoms with van der Waals surface area (Å²) in [7, 11) is -3.78. The van der Waals surface area contributed by atoms with Gasteiger partial charge in [0.1, 0.15) is 0 Å². The molecule has 1 aromatic rings. The smallest absolute Gasteiger partial charge is 0.211 e. The van der Waals surface area contributed by atoms with Crippen LogP contribution in [0.3, 0.4) is 0 Å². The Morgan fingerprint density at radius 2 is 2.00 bits per heavy atom. The quantitative estimate of drug-likeness (QED) is 0.843. The van der Waals surface area contributed by atoms with Crippen LogP contribution in [0.4, 0.5) is 8.78 Å². The van der Waals surface area contributed by atoms with Crippen molar-refractivity contribution in [3.8, 4) is 0 Å². The van der Waals surface area contributed by atoms with E-state index in [4.69, 9.17) is 0 Å². The lowest BCUT2D eigenvalue weighted by atomic mass is 10.2. The Labute approximate surface area is 107 Å². The van der Waals surface area contributed by atoms with Crippen LogP contribution >= 0.6 is 15.9 Å². The number of nitrogens with one attached hydrogen (secondary N) is 1. The van der Waals surface area contributed by atoms with Crippen LogP contribution in [0.5, 0.6) is 0 Å². The lowest BCUT2D eigenvalue weighted by Gasteiger charge is -2.10. The van der Waals surface area contributed by atoms with Gasteiger partial charge < -0.3 is 0 Å². The highest BCUT2D eigenvalue weighted by atomic mass is 79.9. The third-order valence-electron chi connectivity index (χ3n) is 2.09. The molecule has 1 atom stereocenters. The van der Waals surface area contributed by atoms with Gasteiger partial charge >= 0.3 is 0 Å². The molecule has 0 amide bonds. The minimum absolute atomic E-state index is 0.107. The monoisotopic (exact) mass is 327 g/mol. The zero-order chi connectivity index (χ0) is 13.1. The van der Waals surface area contributed by atoms with Crippen LogP contribution in [0.2, 0.25) is 0 Å². The second kappa shape index (κ2) is 5.88. The summed E-state index contributed by atoms with van der Waals surface area (Å²) in [6.07, 6.45) is 0. The van der Waals surface area contributed by atoms with Gasteiger partial charge in [-0.1, -0.05) is 22.9 Å². The fraction of sp³-hybridized carbons (Fsp3) is 0.400. The molecule has 17 heavy (non-hydrogen) atoms. The summed E-state index contributed by atoms with van der Waals surface area (Å²) < 4.78 is 51.3. The van der Waals surface area contributed by atoms with Crippen molar-refractivity contribution < 1.29 is 17.2 Å². The van der Waals surface area contributed by atoms with Gasteiger partial charge in [-0.05, 0) is 24.1 Å². The maximum absolute atomic E-state index is 12.9. The molecule has 0 fully saturated rings. The van der Waals surface area contributed by atoms with Crippen molar-refractivity contribution >= 4 is 26.0 Å². The van der Waals surface area contributed by atoms with Gasteiger partial charge in [-0.2, -0.15) is 0 Å². The Morgan fingerprint density at radius 1 is 1.35 bits per heavy atom. The van der Waals surface area contributed by atoms with E-state index in [1.807, 2.05) is 6.92 Å². The van der Waals surface area contributed by atoms with Gasteiger partial charge in [0.05, 0.1) is 4.90 Å². The molecule has 1 rings (SSSR count). The molecule has 0 bridgehead atoms. The molecular formula is C10H12BrF2NO2S. The molecule has 7 heteroatoms. The molecule has 1 aromatic carbocycles. The van der Waals surface area contributed by atoms with Gasteiger partial charge in [0.2, 0.25) is 10.0 Å². The first-order valence-corrected chi connectivity index (χ1v) is 7.48. The largest absolute Gasteiger partial charge is 0.240 e. The van der Waals surface area contributed by atoms with Crippen molar-refractivity contribution in [1.82, 2.24) is 4.72 Å². The summed E-state index contributed by atoms with van der Waals surface area (Å²) in [5.74, 6) is -2.14. The molecule has 0 saturated carbocycles. The lowest BCUT2D eigenvalue weighted by Crippen LogP contribution is -2.29. The van der Waals surface area contributed by atoms with Crippen molar-refractivity contribution in [2.24, 2.45) is 5.92 Å². The Bertz CT molecular complexity index is 493. The predicted molar refractivity (Wildman–Crippen MR) is 64.5 cm³/mol. The van der Waals surface area contributed by atoms with Crippen molar-refractivity contribution in [2.45, 2.75) is 11.8 Å². The number of hydrogen-bond acceptors (Lipinski definition) is 2. The number of hydrogen-bond donors (Lipinski definition) is 1. The molecule has 0 spiro atoms. The summed E-state index contributed by atoms with van der Waals surface area (Å²) in [6, 6.07) is 2.48. The van der Waals surface area contributed by atoms with Crippen molar-refractivity contribution in [1.29, 1.82) is 0 Å². The van der Waals surface area contributed by atoms with E-state index < -0.39 is 21.7 Å². The Hall–Kier alpha value is -0.530. The zero-order valence-corrected chi connectivity index (χ0v) is 11.5. The van der Waals surface area contributed by atoms with E-state index in [-0.39, 0.29) is 17.4 Å². The van der Waals surface area contributed by atoms with Crippen molar-refractivity contribution in [3.05, 3.63) is 29.8 Å². The molecule has 0 heterocycles. The van der Waals surface area contributed by atoms with E-state index in [0.717, 1.165) is 12.1 Å². The van der Waals surface area contributed by atoms with E-state index in [0.29, 0.717) is 11.4 Å². The average molecular weight is 328 g/mol. The molecule has 0 radical (unpaired) electrons. The first kappa shape index (κ1) is 14.5.